The molecule has 1 aliphatic rings. The van der Waals surface area contributed by atoms with Crippen LogP contribution < -0.4 is 10.3 Å². The van der Waals surface area contributed by atoms with Gasteiger partial charge in [0.2, 0.25) is 0 Å². The van der Waals surface area contributed by atoms with E-state index in [4.69, 9.17) is 4.74 Å². The number of nitrogens with one attached hydrogen (secondary N) is 1. The summed E-state index contributed by atoms with van der Waals surface area (Å²) in [5.74, 6) is 1.10. The molecule has 1 aliphatic heterocycles. The molecule has 4 aromatic rings. The lowest BCUT2D eigenvalue weighted by atomic mass is 10.1. The van der Waals surface area contributed by atoms with Crippen molar-refractivity contribution in [1.29, 1.82) is 0 Å². The summed E-state index contributed by atoms with van der Waals surface area (Å²) < 4.78 is 20.9. The first-order valence-corrected chi connectivity index (χ1v) is 9.30. The molecule has 7 nitrogen and oxygen atoms in total. The number of pyridine rings is 1. The standard InChI is InChI=1S/C21H18FN5O2/c22-15-3-1-14(2-4-15)20-24-9-19-21(28)25-16(11-27(19)20)10-26-12-18(13-26)29-17-5-7-23-8-6-17/h1-9,11,18H,10,12-13H2,(H,25,28). The van der Waals surface area contributed by atoms with Crippen LogP contribution in [0.25, 0.3) is 16.9 Å². The summed E-state index contributed by atoms with van der Waals surface area (Å²) in [5, 5.41) is 0. The van der Waals surface area contributed by atoms with E-state index in [-0.39, 0.29) is 17.5 Å². The van der Waals surface area contributed by atoms with Crippen molar-refractivity contribution in [1.82, 2.24) is 24.3 Å². The molecule has 4 heterocycles. The van der Waals surface area contributed by atoms with E-state index >= 15 is 0 Å². The van der Waals surface area contributed by atoms with Gasteiger partial charge in [0.25, 0.3) is 5.56 Å². The molecule has 146 valence electrons. The Morgan fingerprint density at radius 3 is 2.66 bits per heavy atom. The number of aromatic nitrogens is 4. The third kappa shape index (κ3) is 3.50. The van der Waals surface area contributed by atoms with Gasteiger partial charge in [0, 0.05) is 49.5 Å². The van der Waals surface area contributed by atoms with E-state index in [0.29, 0.717) is 17.9 Å². The topological polar surface area (TPSA) is 75.5 Å². The van der Waals surface area contributed by atoms with E-state index in [1.165, 1.54) is 18.3 Å². The number of ether oxygens (including phenoxy) is 1. The van der Waals surface area contributed by atoms with Crippen molar-refractivity contribution in [2.75, 3.05) is 13.1 Å². The highest BCUT2D eigenvalue weighted by Crippen LogP contribution is 2.21. The zero-order valence-corrected chi connectivity index (χ0v) is 15.5. The minimum Gasteiger partial charge on any atom is -0.488 e. The van der Waals surface area contributed by atoms with E-state index in [9.17, 15) is 9.18 Å². The first-order chi connectivity index (χ1) is 14.2. The van der Waals surface area contributed by atoms with Crippen molar-refractivity contribution in [3.05, 3.63) is 83.1 Å². The van der Waals surface area contributed by atoms with Gasteiger partial charge in [0.1, 0.15) is 29.0 Å². The number of halogens is 1. The van der Waals surface area contributed by atoms with Gasteiger partial charge in [-0.3, -0.25) is 19.1 Å². The van der Waals surface area contributed by atoms with Crippen LogP contribution in [0.3, 0.4) is 0 Å². The minimum absolute atomic E-state index is 0.121. The fourth-order valence-corrected chi connectivity index (χ4v) is 3.53. The van der Waals surface area contributed by atoms with E-state index in [2.05, 4.69) is 19.9 Å². The summed E-state index contributed by atoms with van der Waals surface area (Å²) in [7, 11) is 0. The van der Waals surface area contributed by atoms with E-state index in [1.54, 1.807) is 28.9 Å². The molecule has 0 aliphatic carbocycles. The molecule has 1 aromatic carbocycles. The van der Waals surface area contributed by atoms with Crippen molar-refractivity contribution >= 4 is 5.52 Å². The van der Waals surface area contributed by atoms with Gasteiger partial charge in [-0.2, -0.15) is 0 Å². The molecule has 0 amide bonds. The quantitative estimate of drug-likeness (QED) is 0.566. The average Bonchev–Trinajstić information content (AvgIpc) is 3.12. The Balaban J connectivity index is 1.33. The van der Waals surface area contributed by atoms with Crippen molar-refractivity contribution in [2.24, 2.45) is 0 Å². The SMILES string of the molecule is O=c1[nH]c(CN2CC(Oc3ccncc3)C2)cn2c(-c3ccc(F)cc3)ncc12. The summed E-state index contributed by atoms with van der Waals surface area (Å²) in [4.78, 5) is 25.9. The first-order valence-electron chi connectivity index (χ1n) is 9.30. The van der Waals surface area contributed by atoms with Gasteiger partial charge >= 0.3 is 0 Å². The molecule has 0 saturated carbocycles. The number of aromatic amines is 1. The van der Waals surface area contributed by atoms with Crippen LogP contribution in [-0.4, -0.2) is 43.4 Å². The summed E-state index contributed by atoms with van der Waals surface area (Å²) in [6, 6.07) is 9.75. The Hall–Kier alpha value is -3.52. The summed E-state index contributed by atoms with van der Waals surface area (Å²) >= 11 is 0. The largest absolute Gasteiger partial charge is 0.488 e. The molecule has 0 bridgehead atoms. The van der Waals surface area contributed by atoms with Crippen LogP contribution in [0.5, 0.6) is 5.75 Å². The van der Waals surface area contributed by atoms with Gasteiger partial charge in [-0.15, -0.1) is 0 Å². The fraction of sp³-hybridized carbons (Fsp3) is 0.190. The summed E-state index contributed by atoms with van der Waals surface area (Å²) in [6.45, 7) is 2.15. The second-order valence-corrected chi connectivity index (χ2v) is 7.07. The predicted octanol–water partition coefficient (Wildman–Crippen LogP) is 2.49. The molecule has 0 unspecified atom stereocenters. The minimum atomic E-state index is -0.311. The highest BCUT2D eigenvalue weighted by atomic mass is 19.1. The lowest BCUT2D eigenvalue weighted by Gasteiger charge is -2.38. The Labute approximate surface area is 165 Å². The maximum atomic E-state index is 13.2. The van der Waals surface area contributed by atoms with Crippen molar-refractivity contribution < 1.29 is 9.13 Å². The lowest BCUT2D eigenvalue weighted by Crippen LogP contribution is -2.53. The molecule has 5 rings (SSSR count). The Morgan fingerprint density at radius 2 is 1.90 bits per heavy atom. The predicted molar refractivity (Wildman–Crippen MR) is 105 cm³/mol. The van der Waals surface area contributed by atoms with Crippen LogP contribution in [0, 0.1) is 5.82 Å². The van der Waals surface area contributed by atoms with Crippen LogP contribution >= 0.6 is 0 Å². The Kier molecular flexibility index (Phi) is 4.33. The monoisotopic (exact) mass is 391 g/mol. The number of fused-ring (bicyclic) bond motifs is 1. The zero-order chi connectivity index (χ0) is 19.8. The molecular weight excluding hydrogens is 373 g/mol. The Morgan fingerprint density at radius 1 is 1.14 bits per heavy atom. The summed E-state index contributed by atoms with van der Waals surface area (Å²) in [5.41, 5.74) is 1.79. The van der Waals surface area contributed by atoms with Crippen LogP contribution in [0.4, 0.5) is 4.39 Å². The second-order valence-electron chi connectivity index (χ2n) is 7.07. The number of H-pyrrole nitrogens is 1. The van der Waals surface area contributed by atoms with Crippen molar-refractivity contribution in [2.45, 2.75) is 12.6 Å². The fourth-order valence-electron chi connectivity index (χ4n) is 3.53. The van der Waals surface area contributed by atoms with Gasteiger partial charge in [-0.05, 0) is 36.4 Å². The number of imidazole rings is 1. The highest BCUT2D eigenvalue weighted by molar-refractivity contribution is 5.61. The maximum Gasteiger partial charge on any atom is 0.274 e. The van der Waals surface area contributed by atoms with Crippen LogP contribution in [-0.2, 0) is 6.54 Å². The molecule has 0 radical (unpaired) electrons. The second kappa shape index (κ2) is 7.14. The number of nitrogens with zero attached hydrogens (tertiary/aromatic N) is 4. The highest BCUT2D eigenvalue weighted by Gasteiger charge is 2.28. The first kappa shape index (κ1) is 17.6. The number of rotatable bonds is 5. The molecule has 1 saturated heterocycles. The molecular formula is C21H18FN5O2. The maximum absolute atomic E-state index is 13.2. The van der Waals surface area contributed by atoms with Gasteiger partial charge < -0.3 is 9.72 Å². The van der Waals surface area contributed by atoms with Crippen molar-refractivity contribution in [3.63, 3.8) is 0 Å². The molecule has 0 atom stereocenters. The molecule has 3 aromatic heterocycles. The number of benzene rings is 1. The lowest BCUT2D eigenvalue weighted by molar-refractivity contribution is 0.0137. The van der Waals surface area contributed by atoms with Crippen molar-refractivity contribution in [3.8, 4) is 17.1 Å². The smallest absolute Gasteiger partial charge is 0.274 e. The number of hydrogen-bond acceptors (Lipinski definition) is 5. The summed E-state index contributed by atoms with van der Waals surface area (Å²) in [6.07, 6.45) is 6.93. The van der Waals surface area contributed by atoms with Gasteiger partial charge in [0.05, 0.1) is 6.20 Å². The van der Waals surface area contributed by atoms with Crippen LogP contribution in [0.1, 0.15) is 5.69 Å². The van der Waals surface area contributed by atoms with E-state index in [1.807, 2.05) is 18.3 Å². The Bertz CT molecular complexity index is 1200. The zero-order valence-electron chi connectivity index (χ0n) is 15.5. The van der Waals surface area contributed by atoms with E-state index in [0.717, 1.165) is 30.1 Å². The van der Waals surface area contributed by atoms with Gasteiger partial charge in [-0.25, -0.2) is 9.37 Å². The average molecular weight is 391 g/mol. The normalized spacial score (nSPS) is 14.8. The molecule has 1 fully saturated rings. The van der Waals surface area contributed by atoms with E-state index < -0.39 is 0 Å². The number of hydrogen-bond donors (Lipinski definition) is 1. The molecule has 0 spiro atoms. The number of likely N-dealkylation sites (tertiary alicyclic amines) is 1. The van der Waals surface area contributed by atoms with Gasteiger partial charge in [0.15, 0.2) is 0 Å². The molecule has 29 heavy (non-hydrogen) atoms. The third-order valence-corrected chi connectivity index (χ3v) is 4.96. The van der Waals surface area contributed by atoms with Crippen LogP contribution in [0.2, 0.25) is 0 Å². The molecule has 1 N–H and O–H groups in total. The molecule has 8 heteroatoms. The van der Waals surface area contributed by atoms with Crippen LogP contribution in [0.15, 0.2) is 66.0 Å². The van der Waals surface area contributed by atoms with Gasteiger partial charge in [-0.1, -0.05) is 0 Å². The third-order valence-electron chi connectivity index (χ3n) is 4.96.